The SMILES string of the molecule is CCN(C)CC1CCN(CCCO)C1. The summed E-state index contributed by atoms with van der Waals surface area (Å²) in [6.07, 6.45) is 2.26. The topological polar surface area (TPSA) is 26.7 Å². The van der Waals surface area contributed by atoms with E-state index in [1.165, 1.54) is 26.1 Å². The summed E-state index contributed by atoms with van der Waals surface area (Å²) in [4.78, 5) is 4.87. The monoisotopic (exact) mass is 200 g/mol. The number of nitrogens with zero attached hydrogens (tertiary/aromatic N) is 2. The van der Waals surface area contributed by atoms with Crippen LogP contribution in [-0.2, 0) is 0 Å². The maximum atomic E-state index is 8.74. The first-order chi connectivity index (χ1) is 6.76. The second kappa shape index (κ2) is 6.38. The molecule has 14 heavy (non-hydrogen) atoms. The Morgan fingerprint density at radius 1 is 1.50 bits per heavy atom. The van der Waals surface area contributed by atoms with Gasteiger partial charge in [0.1, 0.15) is 0 Å². The van der Waals surface area contributed by atoms with E-state index in [0.717, 1.165) is 25.4 Å². The first-order valence-electron chi connectivity index (χ1n) is 5.78. The van der Waals surface area contributed by atoms with Crippen LogP contribution in [0.5, 0.6) is 0 Å². The molecule has 84 valence electrons. The maximum Gasteiger partial charge on any atom is 0.0443 e. The van der Waals surface area contributed by atoms with E-state index in [9.17, 15) is 0 Å². The molecule has 0 radical (unpaired) electrons. The van der Waals surface area contributed by atoms with E-state index in [-0.39, 0.29) is 0 Å². The fourth-order valence-electron chi connectivity index (χ4n) is 2.13. The van der Waals surface area contributed by atoms with Crippen molar-refractivity contribution in [3.63, 3.8) is 0 Å². The minimum Gasteiger partial charge on any atom is -0.396 e. The minimum atomic E-state index is 0.329. The molecule has 3 nitrogen and oxygen atoms in total. The highest BCUT2D eigenvalue weighted by Gasteiger charge is 2.22. The number of likely N-dealkylation sites (tertiary alicyclic amines) is 1. The molecule has 0 aliphatic carbocycles. The van der Waals surface area contributed by atoms with Crippen LogP contribution >= 0.6 is 0 Å². The lowest BCUT2D eigenvalue weighted by molar-refractivity contribution is 0.235. The van der Waals surface area contributed by atoms with Crippen LogP contribution in [0.4, 0.5) is 0 Å². The minimum absolute atomic E-state index is 0.329. The standard InChI is InChI=1S/C11H24N2O/c1-3-12(2)9-11-5-7-13(10-11)6-4-8-14/h11,14H,3-10H2,1-2H3. The second-order valence-corrected chi connectivity index (χ2v) is 4.39. The van der Waals surface area contributed by atoms with Gasteiger partial charge in [0.2, 0.25) is 0 Å². The third-order valence-corrected chi connectivity index (χ3v) is 3.11. The van der Waals surface area contributed by atoms with Crippen LogP contribution in [0.3, 0.4) is 0 Å². The molecular weight excluding hydrogens is 176 g/mol. The van der Waals surface area contributed by atoms with Crippen LogP contribution in [0.2, 0.25) is 0 Å². The van der Waals surface area contributed by atoms with Gasteiger partial charge < -0.3 is 14.9 Å². The number of hydrogen-bond acceptors (Lipinski definition) is 3. The molecule has 1 aliphatic rings. The van der Waals surface area contributed by atoms with E-state index in [0.29, 0.717) is 6.61 Å². The van der Waals surface area contributed by atoms with Crippen molar-refractivity contribution >= 4 is 0 Å². The van der Waals surface area contributed by atoms with E-state index >= 15 is 0 Å². The molecule has 1 N–H and O–H groups in total. The van der Waals surface area contributed by atoms with Gasteiger partial charge >= 0.3 is 0 Å². The van der Waals surface area contributed by atoms with Gasteiger partial charge in [-0.1, -0.05) is 6.92 Å². The van der Waals surface area contributed by atoms with Crippen molar-refractivity contribution in [2.75, 3.05) is 46.4 Å². The molecule has 1 saturated heterocycles. The van der Waals surface area contributed by atoms with E-state index in [4.69, 9.17) is 5.11 Å². The molecule has 0 bridgehead atoms. The predicted octanol–water partition coefficient (Wildman–Crippen LogP) is 0.642. The molecule has 1 heterocycles. The van der Waals surface area contributed by atoms with Crippen molar-refractivity contribution in [1.82, 2.24) is 9.80 Å². The Kier molecular flexibility index (Phi) is 5.45. The fourth-order valence-corrected chi connectivity index (χ4v) is 2.13. The lowest BCUT2D eigenvalue weighted by Crippen LogP contribution is -2.28. The van der Waals surface area contributed by atoms with Crippen LogP contribution < -0.4 is 0 Å². The van der Waals surface area contributed by atoms with Gasteiger partial charge in [0.15, 0.2) is 0 Å². The zero-order chi connectivity index (χ0) is 10.4. The summed E-state index contributed by atoms with van der Waals surface area (Å²) >= 11 is 0. The number of rotatable bonds is 6. The zero-order valence-corrected chi connectivity index (χ0v) is 9.58. The summed E-state index contributed by atoms with van der Waals surface area (Å²) in [5.74, 6) is 0.846. The Morgan fingerprint density at radius 2 is 2.29 bits per heavy atom. The van der Waals surface area contributed by atoms with E-state index < -0.39 is 0 Å². The largest absolute Gasteiger partial charge is 0.396 e. The molecule has 0 saturated carbocycles. The van der Waals surface area contributed by atoms with Gasteiger partial charge in [0, 0.05) is 26.2 Å². The molecule has 0 aromatic heterocycles. The van der Waals surface area contributed by atoms with Crippen LogP contribution in [0.15, 0.2) is 0 Å². The van der Waals surface area contributed by atoms with Gasteiger partial charge in [-0.2, -0.15) is 0 Å². The van der Waals surface area contributed by atoms with Crippen LogP contribution in [0, 0.1) is 5.92 Å². The van der Waals surface area contributed by atoms with E-state index in [1.54, 1.807) is 0 Å². The normalized spacial score (nSPS) is 23.6. The Balaban J connectivity index is 2.13. The molecule has 1 fully saturated rings. The van der Waals surface area contributed by atoms with Gasteiger partial charge in [0.25, 0.3) is 0 Å². The Hall–Kier alpha value is -0.120. The third-order valence-electron chi connectivity index (χ3n) is 3.11. The maximum absolute atomic E-state index is 8.74. The smallest absolute Gasteiger partial charge is 0.0443 e. The summed E-state index contributed by atoms with van der Waals surface area (Å²) in [5, 5.41) is 8.74. The molecule has 3 heteroatoms. The number of aliphatic hydroxyl groups excluding tert-OH is 1. The van der Waals surface area contributed by atoms with Crippen molar-refractivity contribution in [2.45, 2.75) is 19.8 Å². The second-order valence-electron chi connectivity index (χ2n) is 4.39. The molecule has 0 amide bonds. The molecule has 1 rings (SSSR count). The lowest BCUT2D eigenvalue weighted by atomic mass is 10.1. The number of hydrogen-bond donors (Lipinski definition) is 1. The van der Waals surface area contributed by atoms with Crippen LogP contribution in [-0.4, -0.2) is 61.3 Å². The summed E-state index contributed by atoms with van der Waals surface area (Å²) in [5.41, 5.74) is 0. The third kappa shape index (κ3) is 3.95. The van der Waals surface area contributed by atoms with Crippen molar-refractivity contribution in [3.8, 4) is 0 Å². The fraction of sp³-hybridized carbons (Fsp3) is 1.00. The number of aliphatic hydroxyl groups is 1. The van der Waals surface area contributed by atoms with Crippen LogP contribution in [0.25, 0.3) is 0 Å². The van der Waals surface area contributed by atoms with Crippen molar-refractivity contribution in [3.05, 3.63) is 0 Å². The predicted molar refractivity (Wildman–Crippen MR) is 59.4 cm³/mol. The lowest BCUT2D eigenvalue weighted by Gasteiger charge is -2.19. The van der Waals surface area contributed by atoms with E-state index in [1.807, 2.05) is 0 Å². The molecule has 0 aromatic rings. The summed E-state index contributed by atoms with van der Waals surface area (Å²) < 4.78 is 0. The highest BCUT2D eigenvalue weighted by atomic mass is 16.3. The summed E-state index contributed by atoms with van der Waals surface area (Å²) in [6.45, 7) is 8.43. The Bertz CT molecular complexity index is 152. The van der Waals surface area contributed by atoms with Crippen molar-refractivity contribution < 1.29 is 5.11 Å². The Labute approximate surface area is 87.7 Å². The van der Waals surface area contributed by atoms with Gasteiger partial charge in [-0.05, 0) is 38.9 Å². The molecular formula is C11H24N2O. The van der Waals surface area contributed by atoms with Crippen LogP contribution in [0.1, 0.15) is 19.8 Å². The molecule has 1 unspecified atom stereocenters. The molecule has 1 atom stereocenters. The molecule has 0 spiro atoms. The highest BCUT2D eigenvalue weighted by Crippen LogP contribution is 2.16. The van der Waals surface area contributed by atoms with E-state index in [2.05, 4.69) is 23.8 Å². The van der Waals surface area contributed by atoms with Gasteiger partial charge in [-0.3, -0.25) is 0 Å². The van der Waals surface area contributed by atoms with Gasteiger partial charge in [-0.25, -0.2) is 0 Å². The highest BCUT2D eigenvalue weighted by molar-refractivity contribution is 4.77. The first-order valence-corrected chi connectivity index (χ1v) is 5.78. The zero-order valence-electron chi connectivity index (χ0n) is 9.58. The van der Waals surface area contributed by atoms with Crippen molar-refractivity contribution in [2.24, 2.45) is 5.92 Å². The molecule has 1 aliphatic heterocycles. The van der Waals surface area contributed by atoms with Gasteiger partial charge in [0.05, 0.1) is 0 Å². The summed E-state index contributed by atoms with van der Waals surface area (Å²) in [6, 6.07) is 0. The first kappa shape index (κ1) is 12.0. The summed E-state index contributed by atoms with van der Waals surface area (Å²) in [7, 11) is 2.19. The molecule has 0 aromatic carbocycles. The quantitative estimate of drug-likeness (QED) is 0.682. The average molecular weight is 200 g/mol. The average Bonchev–Trinajstić information content (AvgIpc) is 2.62. The Morgan fingerprint density at radius 3 is 2.93 bits per heavy atom. The van der Waals surface area contributed by atoms with Crippen molar-refractivity contribution in [1.29, 1.82) is 0 Å². The van der Waals surface area contributed by atoms with Gasteiger partial charge in [-0.15, -0.1) is 0 Å².